The number of hydrogen-bond acceptors (Lipinski definition) is 5. The van der Waals surface area contributed by atoms with Gasteiger partial charge in [-0.15, -0.1) is 0 Å². The number of piperidine rings is 1. The van der Waals surface area contributed by atoms with Crippen LogP contribution >= 0.6 is 0 Å². The Morgan fingerprint density at radius 2 is 1.66 bits per heavy atom. The Morgan fingerprint density at radius 1 is 0.869 bits per heavy atom. The minimum Gasteiger partial charge on any atom is -0.508 e. The number of pyridine rings is 1. The predicted molar refractivity (Wildman–Crippen MR) is 245 cm³/mol. The summed E-state index contributed by atoms with van der Waals surface area (Å²) in [7, 11) is 1.75. The molecule has 2 aromatic heterocycles. The third-order valence-corrected chi connectivity index (χ3v) is 14.1. The summed E-state index contributed by atoms with van der Waals surface area (Å²) in [5.74, 6) is 3.09. The smallest absolute Gasteiger partial charge is 0.274 e. The Bertz CT molecular complexity index is 2760. The first-order valence-electron chi connectivity index (χ1n) is 22.0. The van der Waals surface area contributed by atoms with E-state index in [1.165, 1.54) is 59.2 Å². The van der Waals surface area contributed by atoms with Crippen molar-refractivity contribution in [1.29, 1.82) is 0 Å². The lowest BCUT2D eigenvalue weighted by atomic mass is 9.57. The van der Waals surface area contributed by atoms with Crippen molar-refractivity contribution >= 4 is 16.6 Å². The summed E-state index contributed by atoms with van der Waals surface area (Å²) in [5, 5.41) is 22.0. The first-order chi connectivity index (χ1) is 29.5. The van der Waals surface area contributed by atoms with Gasteiger partial charge in [-0.1, -0.05) is 66.7 Å². The number of phenols is 1. The van der Waals surface area contributed by atoms with Crippen molar-refractivity contribution in [1.82, 2.24) is 9.55 Å². The first-order valence-corrected chi connectivity index (χ1v) is 22.0. The van der Waals surface area contributed by atoms with Crippen molar-refractivity contribution in [3.05, 3.63) is 177 Å². The molecule has 2 aliphatic carbocycles. The van der Waals surface area contributed by atoms with Gasteiger partial charge in [0.05, 0.1) is 5.60 Å². The summed E-state index contributed by atoms with van der Waals surface area (Å²) in [6.45, 7) is 5.77. The Morgan fingerprint density at radius 3 is 2.43 bits per heavy atom. The van der Waals surface area contributed by atoms with Gasteiger partial charge in [-0.05, 0) is 164 Å². The van der Waals surface area contributed by atoms with E-state index in [0.29, 0.717) is 34.3 Å². The number of ether oxygens (including phenoxy) is 1. The number of aromatic nitrogens is 2. The molecule has 3 heterocycles. The number of nitrogens with one attached hydrogen (secondary N) is 1. The number of hydrogen-bond donors (Lipinski definition) is 3. The molecule has 2 fully saturated rings. The largest absolute Gasteiger partial charge is 0.508 e. The van der Waals surface area contributed by atoms with Crippen molar-refractivity contribution in [3.63, 3.8) is 0 Å². The average molecular weight is 810 g/mol. The van der Waals surface area contributed by atoms with Gasteiger partial charge < -0.3 is 29.4 Å². The van der Waals surface area contributed by atoms with E-state index in [-0.39, 0.29) is 11.5 Å². The molecule has 0 amide bonds. The van der Waals surface area contributed by atoms with Crippen LogP contribution in [0.25, 0.3) is 22.0 Å². The molecule has 0 bridgehead atoms. The van der Waals surface area contributed by atoms with Gasteiger partial charge >= 0.3 is 0 Å². The normalized spacial score (nSPS) is 21.3. The zero-order valence-electron chi connectivity index (χ0n) is 35.4. The Labute approximate surface area is 358 Å². The molecule has 0 radical (unpaired) electrons. The third-order valence-electron chi connectivity index (χ3n) is 14.1. The van der Waals surface area contributed by atoms with Gasteiger partial charge in [0.2, 0.25) is 0 Å². The van der Waals surface area contributed by atoms with Crippen LogP contribution in [0, 0.1) is 11.3 Å². The highest BCUT2D eigenvalue weighted by Crippen LogP contribution is 2.53. The molecule has 310 valence electrons. The topological polar surface area (TPSA) is 90.7 Å². The standard InChI is InChI=1S/C54H55N3O4/c1-53(2,60)40-15-23-49(47(30-40)48-33-56(3)52(59)51-46(48)24-26-55-51)61-43-19-10-35(11-20-43)28-36-31-54(32-36)25-7-27-57(34-54)41-16-12-38(13-17-41)50-44(37-8-5-4-6-9-37)21-14-39-29-42(58)18-22-45(39)50/h4-6,8-13,15-20,22-24,26,29-30,33,36,44,50,55,58,60H,7,14,21,25,27-28,31-32,34H2,1-3H3/t36?,44-,50+,54?/m1/s1. The van der Waals surface area contributed by atoms with Gasteiger partial charge in [-0.3, -0.25) is 4.79 Å². The molecule has 5 aromatic carbocycles. The fraction of sp³-hybridized carbons (Fsp3) is 0.315. The number of fused-ring (bicyclic) bond motifs is 2. The van der Waals surface area contributed by atoms with E-state index in [9.17, 15) is 15.0 Å². The number of H-pyrrole nitrogens is 1. The van der Waals surface area contributed by atoms with Crippen molar-refractivity contribution in [2.24, 2.45) is 18.4 Å². The summed E-state index contributed by atoms with van der Waals surface area (Å²) in [4.78, 5) is 18.6. The van der Waals surface area contributed by atoms with Crippen LogP contribution in [0.4, 0.5) is 5.69 Å². The summed E-state index contributed by atoms with van der Waals surface area (Å²) < 4.78 is 8.15. The van der Waals surface area contributed by atoms with Crippen LogP contribution in [0.15, 0.2) is 139 Å². The summed E-state index contributed by atoms with van der Waals surface area (Å²) in [6.07, 6.45) is 11.8. The lowest BCUT2D eigenvalue weighted by molar-refractivity contribution is 0.0386. The molecule has 61 heavy (non-hydrogen) atoms. The molecular weight excluding hydrogens is 755 g/mol. The molecule has 3 N–H and O–H groups in total. The van der Waals surface area contributed by atoms with Gasteiger partial charge in [-0.2, -0.15) is 0 Å². The van der Waals surface area contributed by atoms with Gasteiger partial charge in [0.25, 0.3) is 5.56 Å². The Balaban J connectivity index is 0.808. The van der Waals surface area contributed by atoms with E-state index in [1.54, 1.807) is 31.7 Å². The van der Waals surface area contributed by atoms with Crippen LogP contribution in [0.2, 0.25) is 0 Å². The van der Waals surface area contributed by atoms with Crippen LogP contribution < -0.4 is 15.2 Å². The van der Waals surface area contributed by atoms with Crippen LogP contribution in [0.1, 0.15) is 91.2 Å². The number of benzene rings is 5. The third kappa shape index (κ3) is 7.54. The van der Waals surface area contributed by atoms with Crippen molar-refractivity contribution in [2.45, 2.75) is 76.2 Å². The second kappa shape index (κ2) is 15.4. The summed E-state index contributed by atoms with van der Waals surface area (Å²) in [6, 6.07) is 42.6. The van der Waals surface area contributed by atoms with Crippen molar-refractivity contribution in [3.8, 4) is 28.4 Å². The maximum absolute atomic E-state index is 12.9. The summed E-state index contributed by atoms with van der Waals surface area (Å²) in [5.41, 5.74) is 10.2. The Kier molecular flexibility index (Phi) is 9.90. The van der Waals surface area contributed by atoms with E-state index in [0.717, 1.165) is 60.2 Å². The van der Waals surface area contributed by atoms with Crippen LogP contribution in [-0.4, -0.2) is 32.9 Å². The molecule has 7 nitrogen and oxygen atoms in total. The molecule has 1 saturated heterocycles. The fourth-order valence-corrected chi connectivity index (χ4v) is 11.1. The first kappa shape index (κ1) is 39.1. The van der Waals surface area contributed by atoms with E-state index in [2.05, 4.69) is 94.8 Å². The highest BCUT2D eigenvalue weighted by atomic mass is 16.5. The minimum atomic E-state index is -1.04. The second-order valence-corrected chi connectivity index (χ2v) is 18.8. The second-order valence-electron chi connectivity index (χ2n) is 18.8. The minimum absolute atomic E-state index is 0.0909. The number of anilines is 1. The molecule has 1 aliphatic heterocycles. The molecule has 1 saturated carbocycles. The number of phenolic OH excluding ortho intramolecular Hbond substituents is 1. The molecule has 2 atom stereocenters. The highest BCUT2D eigenvalue weighted by Gasteiger charge is 2.46. The lowest BCUT2D eigenvalue weighted by Gasteiger charge is -2.54. The number of aromatic amines is 1. The average Bonchev–Trinajstić information content (AvgIpc) is 3.76. The van der Waals surface area contributed by atoms with Gasteiger partial charge in [0.1, 0.15) is 22.8 Å². The quantitative estimate of drug-likeness (QED) is 0.135. The molecule has 3 aliphatic rings. The molecule has 0 unspecified atom stereocenters. The van der Waals surface area contributed by atoms with E-state index in [4.69, 9.17) is 4.74 Å². The maximum Gasteiger partial charge on any atom is 0.274 e. The maximum atomic E-state index is 12.9. The molecule has 1 spiro atoms. The predicted octanol–water partition coefficient (Wildman–Crippen LogP) is 11.4. The van der Waals surface area contributed by atoms with Crippen molar-refractivity contribution in [2.75, 3.05) is 18.0 Å². The van der Waals surface area contributed by atoms with E-state index >= 15 is 0 Å². The van der Waals surface area contributed by atoms with Crippen molar-refractivity contribution < 1.29 is 14.9 Å². The van der Waals surface area contributed by atoms with Crippen LogP contribution in [0.5, 0.6) is 17.2 Å². The molecule has 7 heteroatoms. The number of aliphatic hydroxyl groups is 1. The van der Waals surface area contributed by atoms with Gasteiger partial charge in [0, 0.05) is 60.6 Å². The highest BCUT2D eigenvalue weighted by molar-refractivity contribution is 5.96. The van der Waals surface area contributed by atoms with Crippen LogP contribution in [-0.2, 0) is 25.5 Å². The molecular formula is C54H55N3O4. The monoisotopic (exact) mass is 809 g/mol. The van der Waals surface area contributed by atoms with Gasteiger partial charge in [0.15, 0.2) is 0 Å². The van der Waals surface area contributed by atoms with E-state index in [1.807, 2.05) is 42.6 Å². The number of aromatic hydroxyl groups is 1. The van der Waals surface area contributed by atoms with E-state index < -0.39 is 5.60 Å². The summed E-state index contributed by atoms with van der Waals surface area (Å²) >= 11 is 0. The fourth-order valence-electron chi connectivity index (χ4n) is 11.1. The SMILES string of the molecule is Cn1cc(-c2cc(C(C)(C)O)ccc2Oc2ccc(CC3CC4(CCCN(c5ccc([C@@H]6c7ccc(O)cc7CC[C@@H]6c6ccccc6)cc5)C4)C3)cc2)c2cc[nH]c2c1=O. The number of rotatable bonds is 9. The number of nitrogens with zero attached hydrogens (tertiary/aromatic N) is 2. The lowest BCUT2D eigenvalue weighted by Crippen LogP contribution is -2.51. The number of aryl methyl sites for hydroxylation is 2. The zero-order valence-corrected chi connectivity index (χ0v) is 35.4. The molecule has 10 rings (SSSR count). The zero-order chi connectivity index (χ0) is 41.9. The molecule has 7 aromatic rings. The van der Waals surface area contributed by atoms with Gasteiger partial charge in [-0.25, -0.2) is 0 Å². The Hall–Kier alpha value is -6.05. The van der Waals surface area contributed by atoms with Crippen LogP contribution in [0.3, 0.4) is 0 Å².